The fourth-order valence-electron chi connectivity index (χ4n) is 4.24. The fourth-order valence-corrected chi connectivity index (χ4v) is 4.24. The molecule has 0 bridgehead atoms. The molecule has 2 heterocycles. The van der Waals surface area contributed by atoms with Gasteiger partial charge in [0.25, 0.3) is 0 Å². The van der Waals surface area contributed by atoms with Crippen molar-refractivity contribution in [1.29, 1.82) is 5.26 Å². The smallest absolute Gasteiger partial charge is 0.413 e. The van der Waals surface area contributed by atoms with E-state index in [2.05, 4.69) is 15.4 Å². The van der Waals surface area contributed by atoms with Crippen LogP contribution in [0.5, 0.6) is 0 Å². The average molecular weight is 512 g/mol. The van der Waals surface area contributed by atoms with Crippen LogP contribution in [0.3, 0.4) is 0 Å². The molecule has 2 aromatic heterocycles. The molecular formula is C28H22FN5O4. The van der Waals surface area contributed by atoms with Crippen molar-refractivity contribution in [2.45, 2.75) is 31.3 Å². The second-order valence-electron chi connectivity index (χ2n) is 9.01. The zero-order valence-electron chi connectivity index (χ0n) is 20.3. The van der Waals surface area contributed by atoms with Gasteiger partial charge in [-0.2, -0.15) is 5.26 Å². The molecule has 0 radical (unpaired) electrons. The molecule has 0 spiro atoms. The number of ether oxygens (including phenoxy) is 1. The van der Waals surface area contributed by atoms with Crippen molar-refractivity contribution in [1.82, 2.24) is 14.8 Å². The summed E-state index contributed by atoms with van der Waals surface area (Å²) in [5.74, 6) is -1.56. The number of aliphatic carboxylic acids is 1. The Kier molecular flexibility index (Phi) is 6.34. The fraction of sp³-hybridized carbons (Fsp3) is 0.179. The lowest BCUT2D eigenvalue weighted by Gasteiger charge is -2.13. The Morgan fingerprint density at radius 3 is 2.55 bits per heavy atom. The van der Waals surface area contributed by atoms with Gasteiger partial charge in [0.05, 0.1) is 29.2 Å². The van der Waals surface area contributed by atoms with Crippen LogP contribution in [-0.4, -0.2) is 31.9 Å². The van der Waals surface area contributed by atoms with Gasteiger partial charge in [-0.15, -0.1) is 5.10 Å². The van der Waals surface area contributed by atoms with E-state index in [0.29, 0.717) is 29.8 Å². The molecule has 10 heteroatoms. The second kappa shape index (κ2) is 9.78. The molecule has 1 amide bonds. The summed E-state index contributed by atoms with van der Waals surface area (Å²) in [5, 5.41) is 25.7. The van der Waals surface area contributed by atoms with Gasteiger partial charge >= 0.3 is 12.1 Å². The van der Waals surface area contributed by atoms with Crippen molar-refractivity contribution >= 4 is 17.9 Å². The number of anilines is 1. The number of carbonyl (C=O) groups excluding carboxylic acids is 1. The Morgan fingerprint density at radius 2 is 1.95 bits per heavy atom. The van der Waals surface area contributed by atoms with E-state index in [4.69, 9.17) is 4.74 Å². The minimum Gasteiger partial charge on any atom is -0.481 e. The summed E-state index contributed by atoms with van der Waals surface area (Å²) < 4.78 is 21.5. The van der Waals surface area contributed by atoms with Crippen LogP contribution in [0, 0.1) is 17.1 Å². The van der Waals surface area contributed by atoms with Crippen LogP contribution >= 0.6 is 0 Å². The molecule has 5 rings (SSSR count). The van der Waals surface area contributed by atoms with Crippen LogP contribution in [0.1, 0.15) is 42.6 Å². The van der Waals surface area contributed by atoms with Crippen molar-refractivity contribution in [3.63, 3.8) is 0 Å². The molecule has 1 aliphatic rings. The van der Waals surface area contributed by atoms with Crippen molar-refractivity contribution in [2.24, 2.45) is 0 Å². The molecule has 1 saturated carbocycles. The molecule has 2 aromatic carbocycles. The van der Waals surface area contributed by atoms with Gasteiger partial charge in [-0.05, 0) is 43.5 Å². The Hall–Kier alpha value is -5.04. The maximum atomic E-state index is 14.8. The van der Waals surface area contributed by atoms with Crippen LogP contribution in [-0.2, 0) is 14.9 Å². The quantitative estimate of drug-likeness (QED) is 0.341. The summed E-state index contributed by atoms with van der Waals surface area (Å²) in [6, 6.07) is 19.0. The number of hydrogen-bond donors (Lipinski definition) is 2. The molecule has 4 aromatic rings. The average Bonchev–Trinajstić information content (AvgIpc) is 3.64. The third-order valence-electron chi connectivity index (χ3n) is 6.56. The number of carbonyl (C=O) groups is 2. The van der Waals surface area contributed by atoms with E-state index in [1.807, 2.05) is 36.4 Å². The molecular weight excluding hydrogens is 489 g/mol. The Morgan fingerprint density at radius 1 is 1.18 bits per heavy atom. The Balaban J connectivity index is 1.31. The predicted octanol–water partition coefficient (Wildman–Crippen LogP) is 5.37. The molecule has 1 unspecified atom stereocenters. The third kappa shape index (κ3) is 4.69. The van der Waals surface area contributed by atoms with Crippen molar-refractivity contribution in [3.05, 3.63) is 95.6 Å². The van der Waals surface area contributed by atoms with Gasteiger partial charge in [-0.25, -0.2) is 13.9 Å². The second-order valence-corrected chi connectivity index (χ2v) is 9.01. The summed E-state index contributed by atoms with van der Waals surface area (Å²) in [5.41, 5.74) is 1.48. The summed E-state index contributed by atoms with van der Waals surface area (Å²) in [7, 11) is 0. The van der Waals surface area contributed by atoms with Crippen molar-refractivity contribution in [2.75, 3.05) is 5.32 Å². The number of benzene rings is 2. The number of carboxylic acid groups (broad SMARTS) is 1. The maximum Gasteiger partial charge on any atom is 0.413 e. The molecule has 1 aliphatic carbocycles. The SMILES string of the molecule is CC(OC(=O)Nc1nn(-c2ccc(-c3ccc(C4(C(=O)O)CC4)c(F)c3)nc2)cc1C#N)c1ccccc1. The van der Waals surface area contributed by atoms with E-state index in [-0.39, 0.29) is 16.9 Å². The first-order valence-electron chi connectivity index (χ1n) is 11.8. The highest BCUT2D eigenvalue weighted by atomic mass is 19.1. The van der Waals surface area contributed by atoms with E-state index in [1.54, 1.807) is 25.1 Å². The minimum absolute atomic E-state index is 0.0342. The lowest BCUT2D eigenvalue weighted by Crippen LogP contribution is -2.20. The molecule has 0 aliphatic heterocycles. The Labute approximate surface area is 217 Å². The van der Waals surface area contributed by atoms with Gasteiger partial charge in [-0.1, -0.05) is 42.5 Å². The lowest BCUT2D eigenvalue weighted by molar-refractivity contribution is -0.140. The number of nitrogens with one attached hydrogen (secondary N) is 1. The standard InChI is InChI=1S/C28H22FN5O4/c1-17(18-5-3-2-4-6-18)38-27(37)32-25-20(14-30)16-34(33-25)21-8-10-24(31-15-21)19-7-9-22(23(29)13-19)28(11-12-28)26(35)36/h2-10,13,15-17H,11-12H2,1H3,(H,35,36)(H,32,33,37). The highest BCUT2D eigenvalue weighted by molar-refractivity contribution is 5.86. The number of rotatable bonds is 7. The van der Waals surface area contributed by atoms with Gasteiger partial charge in [0.2, 0.25) is 0 Å². The topological polar surface area (TPSA) is 130 Å². The summed E-state index contributed by atoms with van der Waals surface area (Å²) in [4.78, 5) is 28.3. The van der Waals surface area contributed by atoms with Crippen molar-refractivity contribution < 1.29 is 23.8 Å². The number of aromatic nitrogens is 3. The zero-order chi connectivity index (χ0) is 26.9. The highest BCUT2D eigenvalue weighted by Crippen LogP contribution is 2.49. The van der Waals surface area contributed by atoms with E-state index < -0.39 is 29.4 Å². The van der Waals surface area contributed by atoms with E-state index >= 15 is 0 Å². The van der Waals surface area contributed by atoms with Gasteiger partial charge in [-0.3, -0.25) is 15.1 Å². The molecule has 38 heavy (non-hydrogen) atoms. The first-order chi connectivity index (χ1) is 18.3. The van der Waals surface area contributed by atoms with E-state index in [0.717, 1.165) is 5.56 Å². The number of carboxylic acids is 1. The first-order valence-corrected chi connectivity index (χ1v) is 11.8. The summed E-state index contributed by atoms with van der Waals surface area (Å²) in [6.07, 6.45) is 2.52. The van der Waals surface area contributed by atoms with Crippen LogP contribution < -0.4 is 5.32 Å². The number of pyridine rings is 1. The van der Waals surface area contributed by atoms with Crippen LogP contribution in [0.15, 0.2) is 73.1 Å². The van der Waals surface area contributed by atoms with Gasteiger partial charge in [0, 0.05) is 11.1 Å². The van der Waals surface area contributed by atoms with Crippen molar-refractivity contribution in [3.8, 4) is 23.0 Å². The number of amides is 1. The van der Waals surface area contributed by atoms with Gasteiger partial charge in [0.1, 0.15) is 23.6 Å². The predicted molar refractivity (Wildman–Crippen MR) is 135 cm³/mol. The lowest BCUT2D eigenvalue weighted by atomic mass is 9.94. The summed E-state index contributed by atoms with van der Waals surface area (Å²) >= 11 is 0. The molecule has 1 fully saturated rings. The molecule has 1 atom stereocenters. The number of nitrogens with zero attached hydrogens (tertiary/aromatic N) is 4. The molecule has 9 nitrogen and oxygen atoms in total. The van der Waals surface area contributed by atoms with Gasteiger partial charge < -0.3 is 9.84 Å². The monoisotopic (exact) mass is 511 g/mol. The largest absolute Gasteiger partial charge is 0.481 e. The first kappa shape index (κ1) is 24.6. The van der Waals surface area contributed by atoms with E-state index in [9.17, 15) is 24.3 Å². The van der Waals surface area contributed by atoms with Crippen LogP contribution in [0.2, 0.25) is 0 Å². The minimum atomic E-state index is -1.13. The van der Waals surface area contributed by atoms with Crippen LogP contribution in [0.25, 0.3) is 16.9 Å². The molecule has 190 valence electrons. The molecule has 2 N–H and O–H groups in total. The highest BCUT2D eigenvalue weighted by Gasteiger charge is 2.53. The van der Waals surface area contributed by atoms with Gasteiger partial charge in [0.15, 0.2) is 5.82 Å². The molecule has 0 saturated heterocycles. The van der Waals surface area contributed by atoms with E-state index in [1.165, 1.54) is 29.2 Å². The maximum absolute atomic E-state index is 14.8. The number of nitriles is 1. The third-order valence-corrected chi connectivity index (χ3v) is 6.56. The zero-order valence-corrected chi connectivity index (χ0v) is 20.3. The normalized spacial score (nSPS) is 14.2. The number of hydrogen-bond acceptors (Lipinski definition) is 6. The number of halogens is 1. The Bertz CT molecular complexity index is 1560. The van der Waals surface area contributed by atoms with Crippen LogP contribution in [0.4, 0.5) is 15.0 Å². The summed E-state index contributed by atoms with van der Waals surface area (Å²) in [6.45, 7) is 1.74.